The molecule has 0 spiro atoms. The minimum Gasteiger partial charge on any atom is -0.544 e. The Kier molecular flexibility index (Phi) is 5.99. The molecule has 0 aliphatic rings. The number of aliphatic carboxylic acids is 1. The summed E-state index contributed by atoms with van der Waals surface area (Å²) in [7, 11) is 0. The average Bonchev–Trinajstić information content (AvgIpc) is 2.44. The van der Waals surface area contributed by atoms with Crippen molar-refractivity contribution in [2.45, 2.75) is 52.2 Å². The van der Waals surface area contributed by atoms with Gasteiger partial charge in [0.25, 0.3) is 0 Å². The molecule has 0 heterocycles. The van der Waals surface area contributed by atoms with E-state index in [1.54, 1.807) is 20.8 Å². The summed E-state index contributed by atoms with van der Waals surface area (Å²) in [5.74, 6) is -9.38. The summed E-state index contributed by atoms with van der Waals surface area (Å²) < 4.78 is 37.6. The van der Waals surface area contributed by atoms with Crippen LogP contribution in [0.25, 0.3) is 0 Å². The number of ether oxygens (including phenoxy) is 2. The van der Waals surface area contributed by atoms with Crippen molar-refractivity contribution in [1.29, 1.82) is 0 Å². The van der Waals surface area contributed by atoms with E-state index in [0.717, 1.165) is 18.2 Å². The molecule has 0 aliphatic carbocycles. The van der Waals surface area contributed by atoms with Crippen LogP contribution < -0.4 is 9.84 Å². The maximum atomic E-state index is 13.7. The highest BCUT2D eigenvalue weighted by molar-refractivity contribution is 5.90. The lowest BCUT2D eigenvalue weighted by molar-refractivity contribution is -0.337. The van der Waals surface area contributed by atoms with Gasteiger partial charge in [0.15, 0.2) is 17.6 Å². The number of rotatable bonds is 6. The van der Waals surface area contributed by atoms with Crippen LogP contribution in [0.2, 0.25) is 0 Å². The number of carbonyl (C=O) groups excluding carboxylic acids is 2. The molecule has 25 heavy (non-hydrogen) atoms. The molecule has 1 aromatic carbocycles. The van der Waals surface area contributed by atoms with Crippen LogP contribution >= 0.6 is 0 Å². The molecule has 0 bridgehead atoms. The number of alkyl halides is 2. The topological polar surface area (TPSA) is 95.9 Å². The van der Waals surface area contributed by atoms with Crippen molar-refractivity contribution in [3.63, 3.8) is 0 Å². The van der Waals surface area contributed by atoms with E-state index in [2.05, 4.69) is 0 Å². The molecule has 1 aromatic rings. The summed E-state index contributed by atoms with van der Waals surface area (Å²) in [4.78, 5) is 22.8. The van der Waals surface area contributed by atoms with Crippen LogP contribution in [0.1, 0.15) is 45.0 Å². The first-order chi connectivity index (χ1) is 11.3. The van der Waals surface area contributed by atoms with Gasteiger partial charge in [0.1, 0.15) is 11.6 Å². The van der Waals surface area contributed by atoms with E-state index in [1.165, 1.54) is 13.8 Å². The van der Waals surface area contributed by atoms with E-state index < -0.39 is 35.5 Å². The molecular weight excluding hydrogens is 338 g/mol. The number of phenolic OH excluding ortho intramolecular Hbond substituents is 1. The molecule has 0 fully saturated rings. The Morgan fingerprint density at radius 1 is 1.20 bits per heavy atom. The van der Waals surface area contributed by atoms with E-state index >= 15 is 0 Å². The lowest BCUT2D eigenvalue weighted by Gasteiger charge is -2.30. The predicted octanol–water partition coefficient (Wildman–Crippen LogP) is 2.14. The summed E-state index contributed by atoms with van der Waals surface area (Å²) in [5.41, 5.74) is -0.848. The fraction of sp³-hybridized carbons (Fsp3) is 0.529. The molecule has 0 saturated heterocycles. The van der Waals surface area contributed by atoms with Crippen molar-refractivity contribution >= 4 is 11.9 Å². The number of esters is 1. The normalized spacial score (nSPS) is 13.4. The number of benzene rings is 1. The van der Waals surface area contributed by atoms with Gasteiger partial charge in [-0.2, -0.15) is 8.78 Å². The van der Waals surface area contributed by atoms with Gasteiger partial charge in [-0.05, 0) is 44.9 Å². The fourth-order valence-electron chi connectivity index (χ4n) is 1.98. The zero-order valence-corrected chi connectivity index (χ0v) is 14.6. The van der Waals surface area contributed by atoms with Crippen LogP contribution in [0.4, 0.5) is 8.78 Å². The summed E-state index contributed by atoms with van der Waals surface area (Å²) in [5, 5.41) is 20.4. The smallest absolute Gasteiger partial charge is 0.338 e. The first kappa shape index (κ1) is 20.7. The highest BCUT2D eigenvalue weighted by Gasteiger charge is 2.46. The van der Waals surface area contributed by atoms with Crippen molar-refractivity contribution in [3.8, 4) is 11.5 Å². The third-order valence-electron chi connectivity index (χ3n) is 3.08. The standard InChI is InChI=1S/C17H22F2O6/c1-9(2)13(17(18,19)15(22)23)24-14(21)10-6-7-11(20)12(8-10)25-16(3,4)5/h6-9,13,20H,1-5H3,(H,22,23)/p-1. The molecular formula is C17H21F2O6-. The van der Waals surface area contributed by atoms with Gasteiger partial charge >= 0.3 is 11.9 Å². The molecule has 0 amide bonds. The van der Waals surface area contributed by atoms with Crippen molar-refractivity contribution in [2.75, 3.05) is 0 Å². The second-order valence-corrected chi connectivity index (χ2v) is 6.88. The Labute approximate surface area is 144 Å². The fourth-order valence-corrected chi connectivity index (χ4v) is 1.98. The van der Waals surface area contributed by atoms with E-state index in [0.29, 0.717) is 0 Å². The molecule has 1 N–H and O–H groups in total. The van der Waals surface area contributed by atoms with Crippen LogP contribution in [0.3, 0.4) is 0 Å². The Hall–Kier alpha value is -2.38. The SMILES string of the molecule is CC(C)C(OC(=O)c1ccc(O)c(OC(C)(C)C)c1)C(F)(F)C(=O)[O-]. The van der Waals surface area contributed by atoms with Gasteiger partial charge in [0, 0.05) is 0 Å². The Balaban J connectivity index is 3.10. The number of halogens is 2. The summed E-state index contributed by atoms with van der Waals surface area (Å²) in [6.45, 7) is 7.73. The molecule has 8 heteroatoms. The zero-order valence-electron chi connectivity index (χ0n) is 14.6. The van der Waals surface area contributed by atoms with Gasteiger partial charge in [0.05, 0.1) is 5.56 Å². The first-order valence-corrected chi connectivity index (χ1v) is 7.58. The van der Waals surface area contributed by atoms with Crippen molar-refractivity contribution in [2.24, 2.45) is 5.92 Å². The number of hydrogen-bond acceptors (Lipinski definition) is 6. The quantitative estimate of drug-likeness (QED) is 0.782. The number of carbonyl (C=O) groups is 2. The first-order valence-electron chi connectivity index (χ1n) is 7.58. The predicted molar refractivity (Wildman–Crippen MR) is 82.5 cm³/mol. The van der Waals surface area contributed by atoms with Gasteiger partial charge in [0.2, 0.25) is 0 Å². The third-order valence-corrected chi connectivity index (χ3v) is 3.08. The van der Waals surface area contributed by atoms with Crippen molar-refractivity contribution < 1.29 is 38.1 Å². The maximum Gasteiger partial charge on any atom is 0.338 e. The van der Waals surface area contributed by atoms with E-state index in [9.17, 15) is 28.6 Å². The molecule has 1 atom stereocenters. The van der Waals surface area contributed by atoms with Crippen LogP contribution in [-0.2, 0) is 9.53 Å². The Bertz CT molecular complexity index is 649. The van der Waals surface area contributed by atoms with Crippen LogP contribution in [0.15, 0.2) is 18.2 Å². The highest BCUT2D eigenvalue weighted by atomic mass is 19.3. The average molecular weight is 359 g/mol. The molecule has 1 rings (SSSR count). The molecule has 0 aromatic heterocycles. The molecule has 140 valence electrons. The summed E-state index contributed by atoms with van der Waals surface area (Å²) in [6, 6.07) is 3.44. The second kappa shape index (κ2) is 7.25. The number of hydrogen-bond donors (Lipinski definition) is 1. The van der Waals surface area contributed by atoms with Crippen molar-refractivity contribution in [3.05, 3.63) is 23.8 Å². The maximum absolute atomic E-state index is 13.7. The number of phenols is 1. The van der Waals surface area contributed by atoms with E-state index in [1.807, 2.05) is 0 Å². The van der Waals surface area contributed by atoms with Crippen LogP contribution in [0, 0.1) is 5.92 Å². The molecule has 0 saturated carbocycles. The Morgan fingerprint density at radius 3 is 2.20 bits per heavy atom. The van der Waals surface area contributed by atoms with E-state index in [-0.39, 0.29) is 17.1 Å². The number of carboxylic acids is 1. The summed E-state index contributed by atoms with van der Waals surface area (Å²) >= 11 is 0. The van der Waals surface area contributed by atoms with E-state index in [4.69, 9.17) is 9.47 Å². The van der Waals surface area contributed by atoms with Gasteiger partial charge in [-0.1, -0.05) is 13.8 Å². The monoisotopic (exact) mass is 359 g/mol. The molecule has 1 unspecified atom stereocenters. The third kappa shape index (κ3) is 5.30. The zero-order chi connectivity index (χ0) is 19.6. The summed E-state index contributed by atoms with van der Waals surface area (Å²) in [6.07, 6.45) is -2.20. The van der Waals surface area contributed by atoms with Crippen LogP contribution in [-0.4, -0.2) is 34.7 Å². The van der Waals surface area contributed by atoms with Gasteiger partial charge < -0.3 is 24.5 Å². The van der Waals surface area contributed by atoms with Gasteiger partial charge in [-0.3, -0.25) is 0 Å². The minimum absolute atomic E-state index is 0.0327. The molecule has 0 radical (unpaired) electrons. The lowest BCUT2D eigenvalue weighted by atomic mass is 10.0. The Morgan fingerprint density at radius 2 is 1.76 bits per heavy atom. The van der Waals surface area contributed by atoms with Crippen molar-refractivity contribution in [1.82, 2.24) is 0 Å². The largest absolute Gasteiger partial charge is 0.544 e. The minimum atomic E-state index is -4.34. The van der Waals surface area contributed by atoms with Gasteiger partial charge in [-0.15, -0.1) is 0 Å². The molecule has 0 aliphatic heterocycles. The second-order valence-electron chi connectivity index (χ2n) is 6.88. The lowest BCUT2D eigenvalue weighted by Crippen LogP contribution is -2.53. The van der Waals surface area contributed by atoms with Gasteiger partial charge in [-0.25, -0.2) is 4.79 Å². The highest BCUT2D eigenvalue weighted by Crippen LogP contribution is 2.32. The number of aromatic hydroxyl groups is 1. The van der Waals surface area contributed by atoms with Crippen LogP contribution in [0.5, 0.6) is 11.5 Å². The molecule has 6 nitrogen and oxygen atoms in total. The number of carboxylic acid groups (broad SMARTS) is 1.